The van der Waals surface area contributed by atoms with Gasteiger partial charge in [0.05, 0.1) is 29.3 Å². The van der Waals surface area contributed by atoms with Crippen molar-refractivity contribution in [3.8, 4) is 0 Å². The molecule has 9 nitrogen and oxygen atoms in total. The molecule has 0 aliphatic heterocycles. The average molecular weight is 380 g/mol. The zero-order chi connectivity index (χ0) is 18.5. The molecule has 0 aliphatic rings. The molecule has 5 rings (SSSR count). The maximum atomic E-state index is 13.0. The number of nitrogens with zero attached hydrogens (tertiary/aromatic N) is 6. The van der Waals surface area contributed by atoms with Crippen molar-refractivity contribution in [2.75, 3.05) is 0 Å². The lowest BCUT2D eigenvalue weighted by Crippen LogP contribution is -2.25. The fourth-order valence-corrected chi connectivity index (χ4v) is 4.38. The summed E-state index contributed by atoms with van der Waals surface area (Å²) in [6.45, 7) is 2.31. The molecule has 0 aromatic carbocycles. The molecule has 136 valence electrons. The fourth-order valence-electron chi connectivity index (χ4n) is 3.25. The van der Waals surface area contributed by atoms with Crippen molar-refractivity contribution in [1.29, 1.82) is 0 Å². The third-order valence-corrected chi connectivity index (χ3v) is 5.79. The molecule has 0 fully saturated rings. The second-order valence-electron chi connectivity index (χ2n) is 6.48. The van der Waals surface area contributed by atoms with Gasteiger partial charge in [-0.05, 0) is 18.6 Å². The topological polar surface area (TPSA) is 110 Å². The van der Waals surface area contributed by atoms with Crippen LogP contribution in [-0.4, -0.2) is 39.7 Å². The van der Waals surface area contributed by atoms with Gasteiger partial charge in [0.1, 0.15) is 10.5 Å². The van der Waals surface area contributed by atoms with Crippen molar-refractivity contribution in [2.24, 2.45) is 7.05 Å². The zero-order valence-corrected chi connectivity index (χ0v) is 15.5. The van der Waals surface area contributed by atoms with Crippen LogP contribution in [0.1, 0.15) is 22.0 Å². The van der Waals surface area contributed by atoms with Gasteiger partial charge in [-0.3, -0.25) is 15.0 Å². The van der Waals surface area contributed by atoms with E-state index in [1.807, 2.05) is 24.6 Å². The van der Waals surface area contributed by atoms with Crippen LogP contribution in [0.25, 0.3) is 21.3 Å². The number of aromatic nitrogens is 8. The predicted octanol–water partition coefficient (Wildman–Crippen LogP) is 1.74. The van der Waals surface area contributed by atoms with Gasteiger partial charge in [0.25, 0.3) is 5.56 Å². The van der Waals surface area contributed by atoms with Crippen LogP contribution >= 0.6 is 11.3 Å². The summed E-state index contributed by atoms with van der Waals surface area (Å²) in [5.41, 5.74) is 4.17. The number of H-pyrrole nitrogens is 2. The SMILES string of the molecule is Cc1cn[nH]c1Cn1ncc2c3sc(Cc4ccn[nH]4)nc3n(C)c2c1=O. The molecule has 10 heteroatoms. The molecule has 5 aromatic heterocycles. The molecule has 5 heterocycles. The molecule has 0 radical (unpaired) electrons. The van der Waals surface area contributed by atoms with Crippen LogP contribution in [0, 0.1) is 6.92 Å². The summed E-state index contributed by atoms with van der Waals surface area (Å²) in [7, 11) is 1.87. The molecule has 27 heavy (non-hydrogen) atoms. The number of hydrogen-bond donors (Lipinski definition) is 2. The maximum absolute atomic E-state index is 13.0. The van der Waals surface area contributed by atoms with E-state index >= 15 is 0 Å². The van der Waals surface area contributed by atoms with E-state index in [0.717, 1.165) is 37.7 Å². The Bertz CT molecular complexity index is 1320. The summed E-state index contributed by atoms with van der Waals surface area (Å²) in [6.07, 6.45) is 5.90. The molecule has 0 bridgehead atoms. The Hall–Kier alpha value is -3.27. The monoisotopic (exact) mass is 380 g/mol. The van der Waals surface area contributed by atoms with Gasteiger partial charge >= 0.3 is 0 Å². The van der Waals surface area contributed by atoms with Gasteiger partial charge in [0, 0.05) is 30.7 Å². The average Bonchev–Trinajstić information content (AvgIpc) is 3.41. The van der Waals surface area contributed by atoms with Gasteiger partial charge in [-0.1, -0.05) is 0 Å². The van der Waals surface area contributed by atoms with Crippen molar-refractivity contribution >= 4 is 32.6 Å². The van der Waals surface area contributed by atoms with E-state index in [4.69, 9.17) is 4.98 Å². The molecule has 0 amide bonds. The zero-order valence-electron chi connectivity index (χ0n) is 14.7. The number of aryl methyl sites for hydroxylation is 2. The van der Waals surface area contributed by atoms with Crippen LogP contribution in [0.15, 0.2) is 29.5 Å². The molecule has 5 aromatic rings. The quantitative estimate of drug-likeness (QED) is 0.493. The van der Waals surface area contributed by atoms with Crippen LogP contribution in [0.3, 0.4) is 0 Å². The Labute approximate surface area is 156 Å². The maximum Gasteiger partial charge on any atom is 0.291 e. The molecule has 0 saturated carbocycles. The molecule has 0 unspecified atom stereocenters. The van der Waals surface area contributed by atoms with E-state index in [1.165, 1.54) is 4.68 Å². The first kappa shape index (κ1) is 15.9. The van der Waals surface area contributed by atoms with Crippen molar-refractivity contribution < 1.29 is 0 Å². The lowest BCUT2D eigenvalue weighted by molar-refractivity contribution is 0.629. The third-order valence-electron chi connectivity index (χ3n) is 4.71. The van der Waals surface area contributed by atoms with Gasteiger partial charge < -0.3 is 4.57 Å². The minimum Gasteiger partial charge on any atom is -0.323 e. The van der Waals surface area contributed by atoms with E-state index in [9.17, 15) is 4.79 Å². The Kier molecular flexibility index (Phi) is 3.47. The highest BCUT2D eigenvalue weighted by molar-refractivity contribution is 7.19. The van der Waals surface area contributed by atoms with Crippen LogP contribution in [0.2, 0.25) is 0 Å². The Balaban J connectivity index is 1.61. The highest BCUT2D eigenvalue weighted by Gasteiger charge is 2.19. The molecule has 0 spiro atoms. The standard InChI is InChI=1S/C17H16N8OS/c1-9-6-19-23-12(9)8-25-17(26)14-11(7-20-25)15-16(24(14)2)21-13(27-15)5-10-3-4-18-22-10/h3-4,6-7H,5,8H2,1-2H3,(H,18,22)(H,19,23). The smallest absolute Gasteiger partial charge is 0.291 e. The highest BCUT2D eigenvalue weighted by Crippen LogP contribution is 2.31. The number of aromatic amines is 2. The van der Waals surface area contributed by atoms with Crippen LogP contribution < -0.4 is 5.56 Å². The van der Waals surface area contributed by atoms with Gasteiger partial charge in [-0.25, -0.2) is 9.67 Å². The molecule has 2 N–H and O–H groups in total. The van der Waals surface area contributed by atoms with Gasteiger partial charge in [0.2, 0.25) is 0 Å². The predicted molar refractivity (Wildman–Crippen MR) is 102 cm³/mol. The van der Waals surface area contributed by atoms with Crippen LogP contribution in [0.4, 0.5) is 0 Å². The van der Waals surface area contributed by atoms with Crippen molar-refractivity contribution in [3.63, 3.8) is 0 Å². The molecule has 0 aliphatic carbocycles. The summed E-state index contributed by atoms with van der Waals surface area (Å²) in [5, 5.41) is 20.0. The van der Waals surface area contributed by atoms with E-state index in [-0.39, 0.29) is 5.56 Å². The van der Waals surface area contributed by atoms with E-state index in [0.29, 0.717) is 18.5 Å². The highest BCUT2D eigenvalue weighted by atomic mass is 32.1. The summed E-state index contributed by atoms with van der Waals surface area (Å²) >= 11 is 1.58. The van der Waals surface area contributed by atoms with Crippen LogP contribution in [0.5, 0.6) is 0 Å². The van der Waals surface area contributed by atoms with Gasteiger partial charge in [0.15, 0.2) is 5.65 Å². The Morgan fingerprint density at radius 2 is 2.11 bits per heavy atom. The third kappa shape index (κ3) is 2.48. The molecular formula is C17H16N8OS. The number of nitrogens with one attached hydrogen (secondary N) is 2. The number of hydrogen-bond acceptors (Lipinski definition) is 6. The summed E-state index contributed by atoms with van der Waals surface area (Å²) in [6, 6.07) is 1.93. The first-order valence-corrected chi connectivity index (χ1v) is 9.24. The summed E-state index contributed by atoms with van der Waals surface area (Å²) < 4.78 is 4.30. The van der Waals surface area contributed by atoms with Crippen LogP contribution in [-0.2, 0) is 20.0 Å². The fraction of sp³-hybridized carbons (Fsp3) is 0.235. The van der Waals surface area contributed by atoms with Crippen molar-refractivity contribution in [2.45, 2.75) is 19.9 Å². The first-order chi connectivity index (χ1) is 13.1. The number of fused-ring (bicyclic) bond motifs is 3. The van der Waals surface area contributed by atoms with E-state index < -0.39 is 0 Å². The van der Waals surface area contributed by atoms with E-state index in [1.54, 1.807) is 29.9 Å². The number of rotatable bonds is 4. The van der Waals surface area contributed by atoms with Gasteiger partial charge in [-0.2, -0.15) is 15.3 Å². The largest absolute Gasteiger partial charge is 0.323 e. The lowest BCUT2D eigenvalue weighted by Gasteiger charge is -2.05. The minimum atomic E-state index is -0.135. The normalized spacial score (nSPS) is 11.8. The summed E-state index contributed by atoms with van der Waals surface area (Å²) in [4.78, 5) is 17.7. The van der Waals surface area contributed by atoms with Crippen molar-refractivity contribution in [3.05, 3.63) is 57.0 Å². The lowest BCUT2D eigenvalue weighted by atomic mass is 10.3. The molecule has 0 atom stereocenters. The molecule has 0 saturated heterocycles. The van der Waals surface area contributed by atoms with Crippen molar-refractivity contribution in [1.82, 2.24) is 39.7 Å². The number of thiazole rings is 1. The van der Waals surface area contributed by atoms with Gasteiger partial charge in [-0.15, -0.1) is 11.3 Å². The molecular weight excluding hydrogens is 364 g/mol. The first-order valence-electron chi connectivity index (χ1n) is 8.43. The van der Waals surface area contributed by atoms with E-state index in [2.05, 4.69) is 25.5 Å². The Morgan fingerprint density at radius 3 is 2.85 bits per heavy atom. The second kappa shape index (κ2) is 5.88. The minimum absolute atomic E-state index is 0.135. The summed E-state index contributed by atoms with van der Waals surface area (Å²) in [5.74, 6) is 0. The second-order valence-corrected chi connectivity index (χ2v) is 7.56. The Morgan fingerprint density at radius 1 is 1.22 bits per heavy atom.